The van der Waals surface area contributed by atoms with Gasteiger partial charge in [-0.05, 0) is 39.2 Å². The van der Waals surface area contributed by atoms with Gasteiger partial charge in [0.1, 0.15) is 0 Å². The lowest BCUT2D eigenvalue weighted by Crippen LogP contribution is -2.39. The number of sulfonamides is 1. The maximum atomic E-state index is 12.2. The molecular formula is C13H19N3O3S. The molecule has 110 valence electrons. The van der Waals surface area contributed by atoms with Gasteiger partial charge in [-0.3, -0.25) is 9.48 Å². The molecule has 1 amide bonds. The summed E-state index contributed by atoms with van der Waals surface area (Å²) in [5.74, 6) is -0.681. The summed E-state index contributed by atoms with van der Waals surface area (Å²) in [4.78, 5) is 12.0. The Morgan fingerprint density at radius 2 is 2.25 bits per heavy atom. The molecule has 0 aliphatic heterocycles. The van der Waals surface area contributed by atoms with E-state index < -0.39 is 20.7 Å². The van der Waals surface area contributed by atoms with Crippen molar-refractivity contribution in [3.8, 4) is 0 Å². The zero-order valence-corrected chi connectivity index (χ0v) is 12.5. The Hall–Kier alpha value is -1.63. The number of amides is 1. The van der Waals surface area contributed by atoms with Gasteiger partial charge in [-0.2, -0.15) is 5.10 Å². The van der Waals surface area contributed by atoms with Crippen LogP contribution in [0.5, 0.6) is 0 Å². The first-order valence-electron chi connectivity index (χ1n) is 6.54. The Morgan fingerprint density at radius 3 is 2.70 bits per heavy atom. The lowest BCUT2D eigenvalue weighted by molar-refractivity contribution is 0.0975. The minimum absolute atomic E-state index is 0.108. The van der Waals surface area contributed by atoms with E-state index in [4.69, 9.17) is 0 Å². The van der Waals surface area contributed by atoms with Crippen LogP contribution in [0, 0.1) is 0 Å². The molecule has 0 unspecified atom stereocenters. The van der Waals surface area contributed by atoms with Crippen molar-refractivity contribution >= 4 is 15.9 Å². The molecule has 1 aromatic heterocycles. The Labute approximate surface area is 118 Å². The van der Waals surface area contributed by atoms with Crippen molar-refractivity contribution in [1.29, 1.82) is 0 Å². The molecule has 0 radical (unpaired) electrons. The average Bonchev–Trinajstić information content (AvgIpc) is 2.98. The second kappa shape index (κ2) is 5.05. The molecule has 0 aromatic carbocycles. The first kappa shape index (κ1) is 14.8. The highest BCUT2D eigenvalue weighted by molar-refractivity contribution is 7.91. The first-order valence-corrected chi connectivity index (χ1v) is 8.02. The Balaban J connectivity index is 2.13. The zero-order valence-electron chi connectivity index (χ0n) is 11.7. The number of rotatable bonds is 6. The SMILES string of the molecule is C=CCC1(S(=O)(=O)NC(=O)c2ccn(C(C)C)n2)CC1. The monoisotopic (exact) mass is 297 g/mol. The molecule has 1 N–H and O–H groups in total. The largest absolute Gasteiger partial charge is 0.285 e. The second-order valence-corrected chi connectivity index (χ2v) is 7.46. The smallest absolute Gasteiger partial charge is 0.269 e. The van der Waals surface area contributed by atoms with E-state index in [1.165, 1.54) is 6.07 Å². The van der Waals surface area contributed by atoms with Crippen LogP contribution in [0.2, 0.25) is 0 Å². The number of nitrogens with one attached hydrogen (secondary N) is 1. The molecule has 2 rings (SSSR count). The van der Waals surface area contributed by atoms with Gasteiger partial charge in [0, 0.05) is 12.2 Å². The van der Waals surface area contributed by atoms with E-state index >= 15 is 0 Å². The predicted octanol–water partition coefficient (Wildman–Crippen LogP) is 1.63. The third kappa shape index (κ3) is 2.63. The number of nitrogens with zero attached hydrogens (tertiary/aromatic N) is 2. The number of aromatic nitrogens is 2. The molecule has 1 aliphatic carbocycles. The number of carbonyl (C=O) groups excluding carboxylic acids is 1. The molecule has 1 saturated carbocycles. The predicted molar refractivity (Wildman–Crippen MR) is 75.8 cm³/mol. The van der Waals surface area contributed by atoms with Gasteiger partial charge in [0.05, 0.1) is 4.75 Å². The highest BCUT2D eigenvalue weighted by Crippen LogP contribution is 2.46. The van der Waals surface area contributed by atoms with Gasteiger partial charge < -0.3 is 0 Å². The molecule has 1 aromatic rings. The molecule has 7 heteroatoms. The third-order valence-corrected chi connectivity index (χ3v) is 5.66. The van der Waals surface area contributed by atoms with Crippen molar-refractivity contribution in [2.75, 3.05) is 0 Å². The maximum absolute atomic E-state index is 12.2. The molecule has 0 spiro atoms. The standard InChI is InChI=1S/C13H19N3O3S/c1-4-6-13(7-8-13)20(18,19)15-12(17)11-5-9-16(14-11)10(2)3/h4-5,9-10H,1,6-8H2,2-3H3,(H,15,17). The Morgan fingerprint density at radius 1 is 1.60 bits per heavy atom. The fraction of sp³-hybridized carbons (Fsp3) is 0.538. The first-order chi connectivity index (χ1) is 9.31. The molecular weight excluding hydrogens is 278 g/mol. The van der Waals surface area contributed by atoms with Gasteiger partial charge in [-0.15, -0.1) is 6.58 Å². The zero-order chi connectivity index (χ0) is 15.0. The number of hydrogen-bond donors (Lipinski definition) is 1. The van der Waals surface area contributed by atoms with E-state index in [0.29, 0.717) is 19.3 Å². The summed E-state index contributed by atoms with van der Waals surface area (Å²) in [6.07, 6.45) is 4.70. The van der Waals surface area contributed by atoms with Gasteiger partial charge in [0.2, 0.25) is 10.0 Å². The molecule has 0 bridgehead atoms. The summed E-state index contributed by atoms with van der Waals surface area (Å²) >= 11 is 0. The van der Waals surface area contributed by atoms with Crippen LogP contribution < -0.4 is 4.72 Å². The topological polar surface area (TPSA) is 81.1 Å². The van der Waals surface area contributed by atoms with Gasteiger partial charge in [-0.25, -0.2) is 13.1 Å². The molecule has 0 atom stereocenters. The minimum atomic E-state index is -3.69. The summed E-state index contributed by atoms with van der Waals surface area (Å²) in [6.45, 7) is 7.42. The molecule has 1 heterocycles. The van der Waals surface area contributed by atoms with E-state index in [1.54, 1.807) is 17.0 Å². The minimum Gasteiger partial charge on any atom is -0.269 e. The van der Waals surface area contributed by atoms with E-state index in [-0.39, 0.29) is 11.7 Å². The normalized spacial score (nSPS) is 16.9. The molecule has 0 saturated heterocycles. The molecule has 1 aliphatic rings. The summed E-state index contributed by atoms with van der Waals surface area (Å²) in [5, 5.41) is 4.06. The quantitative estimate of drug-likeness (QED) is 0.809. The lowest BCUT2D eigenvalue weighted by atomic mass is 10.3. The third-order valence-electron chi connectivity index (χ3n) is 3.49. The van der Waals surface area contributed by atoms with Crippen molar-refractivity contribution in [3.63, 3.8) is 0 Å². The average molecular weight is 297 g/mol. The van der Waals surface area contributed by atoms with Gasteiger partial charge in [0.25, 0.3) is 5.91 Å². The van der Waals surface area contributed by atoms with Crippen LogP contribution in [0.3, 0.4) is 0 Å². The van der Waals surface area contributed by atoms with Gasteiger partial charge in [0.15, 0.2) is 5.69 Å². The summed E-state index contributed by atoms with van der Waals surface area (Å²) in [6, 6.07) is 1.63. The van der Waals surface area contributed by atoms with Crippen molar-refractivity contribution in [2.24, 2.45) is 0 Å². The van der Waals surface area contributed by atoms with Crippen molar-refractivity contribution in [3.05, 3.63) is 30.6 Å². The summed E-state index contributed by atoms with van der Waals surface area (Å²) in [5.41, 5.74) is 0.108. The molecule has 1 fully saturated rings. The number of carbonyl (C=O) groups is 1. The van der Waals surface area contributed by atoms with Crippen molar-refractivity contribution < 1.29 is 13.2 Å². The van der Waals surface area contributed by atoms with E-state index in [0.717, 1.165) is 0 Å². The van der Waals surface area contributed by atoms with Crippen LogP contribution in [0.15, 0.2) is 24.9 Å². The molecule has 20 heavy (non-hydrogen) atoms. The number of allylic oxidation sites excluding steroid dienone is 1. The fourth-order valence-corrected chi connectivity index (χ4v) is 3.56. The van der Waals surface area contributed by atoms with Crippen LogP contribution in [0.4, 0.5) is 0 Å². The highest BCUT2D eigenvalue weighted by atomic mass is 32.2. The van der Waals surface area contributed by atoms with E-state index in [2.05, 4.69) is 16.4 Å². The fourth-order valence-electron chi connectivity index (χ4n) is 2.01. The van der Waals surface area contributed by atoms with Crippen molar-refractivity contribution in [1.82, 2.24) is 14.5 Å². The summed E-state index contributed by atoms with van der Waals surface area (Å²) in [7, 11) is -3.69. The van der Waals surface area contributed by atoms with Crippen molar-refractivity contribution in [2.45, 2.75) is 43.9 Å². The Kier molecular flexibility index (Phi) is 3.73. The van der Waals surface area contributed by atoms with Crippen LogP contribution in [0.25, 0.3) is 0 Å². The highest BCUT2D eigenvalue weighted by Gasteiger charge is 2.54. The van der Waals surface area contributed by atoms with Gasteiger partial charge >= 0.3 is 0 Å². The Bertz CT molecular complexity index is 627. The number of hydrogen-bond acceptors (Lipinski definition) is 4. The van der Waals surface area contributed by atoms with Crippen LogP contribution in [0.1, 0.15) is 49.6 Å². The summed E-state index contributed by atoms with van der Waals surface area (Å²) < 4.78 is 27.3. The molecule has 6 nitrogen and oxygen atoms in total. The van der Waals surface area contributed by atoms with Crippen LogP contribution >= 0.6 is 0 Å². The lowest BCUT2D eigenvalue weighted by Gasteiger charge is -2.14. The van der Waals surface area contributed by atoms with Crippen LogP contribution in [-0.4, -0.2) is 28.9 Å². The van der Waals surface area contributed by atoms with Crippen LogP contribution in [-0.2, 0) is 10.0 Å². The van der Waals surface area contributed by atoms with E-state index in [9.17, 15) is 13.2 Å². The van der Waals surface area contributed by atoms with E-state index in [1.807, 2.05) is 13.8 Å². The second-order valence-electron chi connectivity index (χ2n) is 5.39. The maximum Gasteiger partial charge on any atom is 0.285 e. The van der Waals surface area contributed by atoms with Gasteiger partial charge in [-0.1, -0.05) is 6.08 Å².